The smallest absolute Gasteiger partial charge is 0.129 e. The van der Waals surface area contributed by atoms with Gasteiger partial charge in [0.15, 0.2) is 0 Å². The largest absolute Gasteiger partial charge is 0.312 e. The number of aromatic nitrogens is 2. The molecule has 1 N–H and O–H groups in total. The molecule has 2 rings (SSSR count). The molecule has 1 aromatic carbocycles. The summed E-state index contributed by atoms with van der Waals surface area (Å²) in [6.07, 6.45) is 0.956. The van der Waals surface area contributed by atoms with Gasteiger partial charge in [0.25, 0.3) is 0 Å². The predicted octanol–water partition coefficient (Wildman–Crippen LogP) is 3.47. The standard InChI is InChI=1S/C15H19ClFN3/c1-11-8-12(2)20(19-11)7-3-6-18-10-13-4-5-14(16)9-15(13)17/h4-5,8-9,18H,3,6-7,10H2,1-2H3. The fourth-order valence-electron chi connectivity index (χ4n) is 2.14. The van der Waals surface area contributed by atoms with Crippen molar-refractivity contribution in [1.29, 1.82) is 0 Å². The first-order valence-corrected chi connectivity index (χ1v) is 7.10. The molecule has 0 spiro atoms. The van der Waals surface area contributed by atoms with Crippen LogP contribution in [0.3, 0.4) is 0 Å². The maximum Gasteiger partial charge on any atom is 0.129 e. The Morgan fingerprint density at radius 2 is 2.10 bits per heavy atom. The van der Waals surface area contributed by atoms with E-state index in [1.807, 2.05) is 11.6 Å². The van der Waals surface area contributed by atoms with Crippen molar-refractivity contribution in [3.8, 4) is 0 Å². The average Bonchev–Trinajstić information content (AvgIpc) is 2.70. The van der Waals surface area contributed by atoms with E-state index >= 15 is 0 Å². The third-order valence-electron chi connectivity index (χ3n) is 3.16. The summed E-state index contributed by atoms with van der Waals surface area (Å²) in [5.74, 6) is -0.261. The van der Waals surface area contributed by atoms with E-state index in [0.29, 0.717) is 17.1 Å². The second-order valence-corrected chi connectivity index (χ2v) is 5.35. The van der Waals surface area contributed by atoms with Gasteiger partial charge in [-0.1, -0.05) is 17.7 Å². The van der Waals surface area contributed by atoms with Crippen LogP contribution in [-0.4, -0.2) is 16.3 Å². The normalized spacial score (nSPS) is 11.0. The highest BCUT2D eigenvalue weighted by Gasteiger charge is 2.03. The minimum Gasteiger partial charge on any atom is -0.312 e. The van der Waals surface area contributed by atoms with Crippen LogP contribution in [0.15, 0.2) is 24.3 Å². The Kier molecular flexibility index (Phi) is 5.15. The molecule has 0 bridgehead atoms. The Balaban J connectivity index is 1.73. The molecular weight excluding hydrogens is 277 g/mol. The summed E-state index contributed by atoms with van der Waals surface area (Å²) in [5, 5.41) is 8.07. The topological polar surface area (TPSA) is 29.9 Å². The Morgan fingerprint density at radius 1 is 1.30 bits per heavy atom. The van der Waals surface area contributed by atoms with E-state index in [1.54, 1.807) is 12.1 Å². The summed E-state index contributed by atoms with van der Waals surface area (Å²) in [5.41, 5.74) is 2.85. The quantitative estimate of drug-likeness (QED) is 0.827. The fraction of sp³-hybridized carbons (Fsp3) is 0.400. The summed E-state index contributed by atoms with van der Waals surface area (Å²) in [6, 6.07) is 6.83. The van der Waals surface area contributed by atoms with Crippen LogP contribution >= 0.6 is 11.6 Å². The van der Waals surface area contributed by atoms with Crippen molar-refractivity contribution in [2.24, 2.45) is 0 Å². The van der Waals surface area contributed by atoms with Gasteiger partial charge in [0.05, 0.1) is 5.69 Å². The molecule has 2 aromatic rings. The Labute approximate surface area is 123 Å². The lowest BCUT2D eigenvalue weighted by molar-refractivity contribution is 0.525. The minimum absolute atomic E-state index is 0.261. The van der Waals surface area contributed by atoms with Crippen LogP contribution in [0.4, 0.5) is 4.39 Å². The van der Waals surface area contributed by atoms with Crippen molar-refractivity contribution in [2.75, 3.05) is 6.54 Å². The van der Waals surface area contributed by atoms with Crippen LogP contribution in [0.25, 0.3) is 0 Å². The van der Waals surface area contributed by atoms with E-state index in [4.69, 9.17) is 11.6 Å². The van der Waals surface area contributed by atoms with Crippen LogP contribution in [0.5, 0.6) is 0 Å². The first-order chi connectivity index (χ1) is 9.56. The molecule has 1 aromatic heterocycles. The molecule has 0 unspecified atom stereocenters. The summed E-state index contributed by atoms with van der Waals surface area (Å²) in [6.45, 7) is 6.25. The summed E-state index contributed by atoms with van der Waals surface area (Å²) < 4.78 is 15.5. The van der Waals surface area contributed by atoms with Gasteiger partial charge in [-0.15, -0.1) is 0 Å². The lowest BCUT2D eigenvalue weighted by atomic mass is 10.2. The van der Waals surface area contributed by atoms with Crippen LogP contribution in [0, 0.1) is 19.7 Å². The number of aryl methyl sites for hydroxylation is 3. The number of hydrogen-bond donors (Lipinski definition) is 1. The van der Waals surface area contributed by atoms with Crippen molar-refractivity contribution in [3.05, 3.63) is 52.1 Å². The Bertz CT molecular complexity index is 580. The molecule has 0 aliphatic heterocycles. The first kappa shape index (κ1) is 15.0. The highest BCUT2D eigenvalue weighted by Crippen LogP contribution is 2.14. The van der Waals surface area contributed by atoms with Gasteiger partial charge < -0.3 is 5.32 Å². The molecule has 0 fully saturated rings. The monoisotopic (exact) mass is 295 g/mol. The van der Waals surface area contributed by atoms with E-state index in [1.165, 1.54) is 11.8 Å². The molecule has 0 amide bonds. The van der Waals surface area contributed by atoms with E-state index in [-0.39, 0.29) is 5.82 Å². The SMILES string of the molecule is Cc1cc(C)n(CCCNCc2ccc(Cl)cc2F)n1. The maximum absolute atomic E-state index is 13.5. The third-order valence-corrected chi connectivity index (χ3v) is 3.39. The summed E-state index contributed by atoms with van der Waals surface area (Å²) >= 11 is 5.72. The predicted molar refractivity (Wildman–Crippen MR) is 79.4 cm³/mol. The van der Waals surface area contributed by atoms with Crippen molar-refractivity contribution in [3.63, 3.8) is 0 Å². The molecule has 20 heavy (non-hydrogen) atoms. The van der Waals surface area contributed by atoms with Gasteiger partial charge in [-0.3, -0.25) is 4.68 Å². The number of halogens is 2. The highest BCUT2D eigenvalue weighted by molar-refractivity contribution is 6.30. The van der Waals surface area contributed by atoms with Gasteiger partial charge in [0.2, 0.25) is 0 Å². The number of hydrogen-bond acceptors (Lipinski definition) is 2. The van der Waals surface area contributed by atoms with Crippen molar-refractivity contribution in [2.45, 2.75) is 33.4 Å². The molecule has 0 atom stereocenters. The van der Waals surface area contributed by atoms with Gasteiger partial charge in [-0.05, 0) is 45.0 Å². The van der Waals surface area contributed by atoms with E-state index in [9.17, 15) is 4.39 Å². The van der Waals surface area contributed by atoms with Crippen LogP contribution in [-0.2, 0) is 13.1 Å². The summed E-state index contributed by atoms with van der Waals surface area (Å²) in [7, 11) is 0. The minimum atomic E-state index is -0.261. The molecule has 3 nitrogen and oxygen atoms in total. The average molecular weight is 296 g/mol. The molecule has 0 saturated carbocycles. The van der Waals surface area contributed by atoms with Crippen molar-refractivity contribution < 1.29 is 4.39 Å². The highest BCUT2D eigenvalue weighted by atomic mass is 35.5. The number of benzene rings is 1. The molecule has 0 aliphatic carbocycles. The Morgan fingerprint density at radius 3 is 2.75 bits per heavy atom. The maximum atomic E-state index is 13.5. The molecular formula is C15H19ClFN3. The molecule has 0 saturated heterocycles. The second-order valence-electron chi connectivity index (χ2n) is 4.92. The van der Waals surface area contributed by atoms with Crippen molar-refractivity contribution >= 4 is 11.6 Å². The van der Waals surface area contributed by atoms with Crippen LogP contribution in [0.1, 0.15) is 23.4 Å². The summed E-state index contributed by atoms with van der Waals surface area (Å²) in [4.78, 5) is 0. The lowest BCUT2D eigenvalue weighted by Crippen LogP contribution is -2.17. The molecule has 0 radical (unpaired) electrons. The van der Waals surface area contributed by atoms with Gasteiger partial charge in [-0.2, -0.15) is 5.10 Å². The zero-order valence-corrected chi connectivity index (χ0v) is 12.5. The van der Waals surface area contributed by atoms with Crippen LogP contribution in [0.2, 0.25) is 5.02 Å². The van der Waals surface area contributed by atoms with Gasteiger partial charge in [-0.25, -0.2) is 4.39 Å². The first-order valence-electron chi connectivity index (χ1n) is 6.72. The second kappa shape index (κ2) is 6.86. The number of rotatable bonds is 6. The van der Waals surface area contributed by atoms with Crippen LogP contribution < -0.4 is 5.32 Å². The molecule has 5 heteroatoms. The Hall–Kier alpha value is -1.39. The zero-order valence-electron chi connectivity index (χ0n) is 11.8. The molecule has 108 valence electrons. The van der Waals surface area contributed by atoms with Gasteiger partial charge in [0.1, 0.15) is 5.82 Å². The molecule has 0 aliphatic rings. The van der Waals surface area contributed by atoms with E-state index < -0.39 is 0 Å². The van der Waals surface area contributed by atoms with E-state index in [0.717, 1.165) is 25.2 Å². The van der Waals surface area contributed by atoms with Gasteiger partial charge >= 0.3 is 0 Å². The van der Waals surface area contributed by atoms with Crippen molar-refractivity contribution in [1.82, 2.24) is 15.1 Å². The van der Waals surface area contributed by atoms with Gasteiger partial charge in [0, 0.05) is 29.4 Å². The third kappa shape index (κ3) is 4.05. The molecule has 1 heterocycles. The number of nitrogens with one attached hydrogen (secondary N) is 1. The van der Waals surface area contributed by atoms with E-state index in [2.05, 4.69) is 23.4 Å². The number of nitrogens with zero attached hydrogens (tertiary/aromatic N) is 2. The fourth-order valence-corrected chi connectivity index (χ4v) is 2.30. The lowest BCUT2D eigenvalue weighted by Gasteiger charge is -2.07. The zero-order chi connectivity index (χ0) is 14.5.